The molecule has 0 unspecified atom stereocenters. The van der Waals surface area contributed by atoms with Crippen LogP contribution in [-0.4, -0.2) is 19.3 Å². The Labute approximate surface area is 191 Å². The highest BCUT2D eigenvalue weighted by molar-refractivity contribution is 7.92. The number of hydrogen-bond acceptors (Lipinski definition) is 5. The van der Waals surface area contributed by atoms with Crippen LogP contribution >= 0.6 is 11.3 Å². The first-order chi connectivity index (χ1) is 15.3. The second-order valence-electron chi connectivity index (χ2n) is 7.18. The average molecular weight is 464 g/mol. The molecule has 3 aromatic carbocycles. The zero-order chi connectivity index (χ0) is 22.7. The van der Waals surface area contributed by atoms with Crippen LogP contribution < -0.4 is 10.0 Å². The smallest absolute Gasteiger partial charge is 0.261 e. The fourth-order valence-electron chi connectivity index (χ4n) is 3.20. The Kier molecular flexibility index (Phi) is 6.07. The molecular weight excluding hydrogens is 442 g/mol. The van der Waals surface area contributed by atoms with E-state index in [1.807, 2.05) is 49.4 Å². The molecule has 0 spiro atoms. The molecule has 8 heteroatoms. The average Bonchev–Trinajstić information content (AvgIpc) is 3.16. The van der Waals surface area contributed by atoms with Crippen LogP contribution in [0.2, 0.25) is 0 Å². The van der Waals surface area contributed by atoms with Gasteiger partial charge in [0.25, 0.3) is 10.0 Å². The van der Waals surface area contributed by atoms with E-state index in [1.54, 1.807) is 35.6 Å². The molecule has 0 aliphatic rings. The first-order valence-electron chi connectivity index (χ1n) is 9.85. The van der Waals surface area contributed by atoms with Gasteiger partial charge in [0, 0.05) is 34.3 Å². The third-order valence-corrected chi connectivity index (χ3v) is 7.13. The second-order valence-corrected chi connectivity index (χ2v) is 10.1. The number of amides is 1. The number of carbonyl (C=O) groups is 1. The minimum atomic E-state index is -3.75. The summed E-state index contributed by atoms with van der Waals surface area (Å²) in [6.45, 7) is 3.42. The Morgan fingerprint density at radius 1 is 0.844 bits per heavy atom. The number of thiazole rings is 1. The minimum Gasteiger partial charge on any atom is -0.326 e. The number of carbonyl (C=O) groups excluding carboxylic acids is 1. The van der Waals surface area contributed by atoms with Gasteiger partial charge in [-0.05, 0) is 43.3 Å². The van der Waals surface area contributed by atoms with E-state index < -0.39 is 10.0 Å². The summed E-state index contributed by atoms with van der Waals surface area (Å²) < 4.78 is 28.0. The molecule has 0 bridgehead atoms. The maximum absolute atomic E-state index is 12.7. The molecule has 0 saturated carbocycles. The van der Waals surface area contributed by atoms with Crippen molar-refractivity contribution in [2.24, 2.45) is 0 Å². The molecule has 4 aromatic rings. The van der Waals surface area contributed by atoms with Crippen molar-refractivity contribution >= 4 is 38.6 Å². The van der Waals surface area contributed by atoms with E-state index >= 15 is 0 Å². The van der Waals surface area contributed by atoms with Gasteiger partial charge in [0.05, 0.1) is 10.6 Å². The Hall–Kier alpha value is -3.49. The van der Waals surface area contributed by atoms with Crippen molar-refractivity contribution < 1.29 is 13.2 Å². The summed E-state index contributed by atoms with van der Waals surface area (Å²) in [5.41, 5.74) is 3.87. The molecule has 32 heavy (non-hydrogen) atoms. The van der Waals surface area contributed by atoms with Crippen LogP contribution in [-0.2, 0) is 14.8 Å². The van der Waals surface area contributed by atoms with Crippen molar-refractivity contribution in [2.75, 3.05) is 10.0 Å². The molecular formula is C24H21N3O3S2. The Balaban J connectivity index is 1.52. The summed E-state index contributed by atoms with van der Waals surface area (Å²) in [4.78, 5) is 17.1. The van der Waals surface area contributed by atoms with Gasteiger partial charge in [-0.3, -0.25) is 9.52 Å². The van der Waals surface area contributed by atoms with Crippen LogP contribution in [0.25, 0.3) is 21.8 Å². The van der Waals surface area contributed by atoms with E-state index in [2.05, 4.69) is 10.0 Å². The second kappa shape index (κ2) is 8.94. The summed E-state index contributed by atoms with van der Waals surface area (Å²) >= 11 is 1.63. The zero-order valence-corrected chi connectivity index (χ0v) is 19.1. The van der Waals surface area contributed by atoms with Crippen molar-refractivity contribution in [3.63, 3.8) is 0 Å². The van der Waals surface area contributed by atoms with Gasteiger partial charge < -0.3 is 5.32 Å². The maximum atomic E-state index is 12.7. The fourth-order valence-corrected chi connectivity index (χ4v) is 5.20. The molecule has 0 saturated heterocycles. The summed E-state index contributed by atoms with van der Waals surface area (Å²) in [6, 6.07) is 23.2. The highest BCUT2D eigenvalue weighted by Gasteiger charge is 2.15. The number of rotatable bonds is 6. The molecule has 1 amide bonds. The van der Waals surface area contributed by atoms with Gasteiger partial charge in [0.1, 0.15) is 5.01 Å². The molecule has 2 N–H and O–H groups in total. The number of aromatic nitrogens is 1. The van der Waals surface area contributed by atoms with E-state index in [0.29, 0.717) is 11.4 Å². The number of hydrogen-bond donors (Lipinski definition) is 2. The van der Waals surface area contributed by atoms with E-state index in [0.717, 1.165) is 26.7 Å². The number of benzene rings is 3. The lowest BCUT2D eigenvalue weighted by Gasteiger charge is -2.10. The third-order valence-electron chi connectivity index (χ3n) is 4.71. The topological polar surface area (TPSA) is 88.2 Å². The lowest BCUT2D eigenvalue weighted by molar-refractivity contribution is -0.114. The van der Waals surface area contributed by atoms with E-state index in [1.165, 1.54) is 19.1 Å². The van der Waals surface area contributed by atoms with Crippen LogP contribution in [0.1, 0.15) is 11.8 Å². The van der Waals surface area contributed by atoms with Crippen molar-refractivity contribution in [3.8, 4) is 21.8 Å². The molecule has 0 fully saturated rings. The number of nitrogens with zero attached hydrogens (tertiary/aromatic N) is 1. The van der Waals surface area contributed by atoms with Crippen molar-refractivity contribution in [3.05, 3.63) is 83.7 Å². The van der Waals surface area contributed by atoms with Crippen LogP contribution in [0.3, 0.4) is 0 Å². The molecule has 1 heterocycles. The molecule has 0 aliphatic carbocycles. The number of sulfonamides is 1. The summed E-state index contributed by atoms with van der Waals surface area (Å²) in [5.74, 6) is -0.218. The highest BCUT2D eigenvalue weighted by atomic mass is 32.2. The monoisotopic (exact) mass is 463 g/mol. The third kappa shape index (κ3) is 4.87. The Morgan fingerprint density at radius 2 is 1.47 bits per heavy atom. The fraction of sp³-hybridized carbons (Fsp3) is 0.0833. The van der Waals surface area contributed by atoms with Crippen LogP contribution in [0.4, 0.5) is 11.4 Å². The molecule has 162 valence electrons. The van der Waals surface area contributed by atoms with Gasteiger partial charge in [0.2, 0.25) is 5.91 Å². The lowest BCUT2D eigenvalue weighted by atomic mass is 10.1. The van der Waals surface area contributed by atoms with Gasteiger partial charge in [-0.1, -0.05) is 42.5 Å². The number of aryl methyl sites for hydroxylation is 1. The molecule has 0 atom stereocenters. The summed E-state index contributed by atoms with van der Waals surface area (Å²) in [7, 11) is -3.75. The van der Waals surface area contributed by atoms with Crippen LogP contribution in [0.15, 0.2) is 83.8 Å². The van der Waals surface area contributed by atoms with Gasteiger partial charge in [-0.25, -0.2) is 13.4 Å². The quantitative estimate of drug-likeness (QED) is 0.393. The predicted molar refractivity (Wildman–Crippen MR) is 129 cm³/mol. The van der Waals surface area contributed by atoms with E-state index in [4.69, 9.17) is 4.98 Å². The highest BCUT2D eigenvalue weighted by Crippen LogP contribution is 2.33. The SMILES string of the molecule is CC(=O)Nc1ccc(S(=O)(=O)Nc2ccc(-c3nc(-c4ccccc4)sc3C)cc2)cc1. The lowest BCUT2D eigenvalue weighted by Crippen LogP contribution is -2.13. The Bertz CT molecular complexity index is 1350. The van der Waals surface area contributed by atoms with E-state index in [9.17, 15) is 13.2 Å². The first kappa shape index (κ1) is 21.7. The molecule has 1 aromatic heterocycles. The van der Waals surface area contributed by atoms with Gasteiger partial charge in [-0.15, -0.1) is 11.3 Å². The molecule has 6 nitrogen and oxygen atoms in total. The number of anilines is 2. The summed E-state index contributed by atoms with van der Waals surface area (Å²) in [6.07, 6.45) is 0. The Morgan fingerprint density at radius 3 is 2.09 bits per heavy atom. The van der Waals surface area contributed by atoms with Gasteiger partial charge in [0.15, 0.2) is 0 Å². The number of nitrogens with one attached hydrogen (secondary N) is 2. The maximum Gasteiger partial charge on any atom is 0.261 e. The molecule has 0 aliphatic heterocycles. The van der Waals surface area contributed by atoms with Crippen molar-refractivity contribution in [2.45, 2.75) is 18.7 Å². The van der Waals surface area contributed by atoms with Crippen molar-refractivity contribution in [1.82, 2.24) is 4.98 Å². The molecule has 4 rings (SSSR count). The van der Waals surface area contributed by atoms with Crippen LogP contribution in [0.5, 0.6) is 0 Å². The van der Waals surface area contributed by atoms with Gasteiger partial charge >= 0.3 is 0 Å². The standard InChI is InChI=1S/C24H21N3O3S2/c1-16-23(26-24(31-16)19-6-4-3-5-7-19)18-8-10-21(11-9-18)27-32(29,30)22-14-12-20(13-15-22)25-17(2)28/h3-15,27H,1-2H3,(H,25,28). The largest absolute Gasteiger partial charge is 0.326 e. The minimum absolute atomic E-state index is 0.110. The summed E-state index contributed by atoms with van der Waals surface area (Å²) in [5, 5.41) is 3.56. The first-order valence-corrected chi connectivity index (χ1v) is 12.2. The zero-order valence-electron chi connectivity index (χ0n) is 17.5. The molecule has 0 radical (unpaired) electrons. The van der Waals surface area contributed by atoms with E-state index in [-0.39, 0.29) is 10.8 Å². The van der Waals surface area contributed by atoms with Crippen molar-refractivity contribution in [1.29, 1.82) is 0 Å². The van der Waals surface area contributed by atoms with Crippen LogP contribution in [0, 0.1) is 6.92 Å². The van der Waals surface area contributed by atoms with Gasteiger partial charge in [-0.2, -0.15) is 0 Å². The predicted octanol–water partition coefficient (Wildman–Crippen LogP) is 5.54. The normalized spacial score (nSPS) is 11.2.